The molecule has 5 nitrogen and oxygen atoms in total. The molecule has 0 saturated carbocycles. The molecule has 28 heavy (non-hydrogen) atoms. The number of H-pyrrole nitrogens is 1. The van der Waals surface area contributed by atoms with Crippen molar-refractivity contribution in [1.29, 1.82) is 0 Å². The summed E-state index contributed by atoms with van der Waals surface area (Å²) in [6.45, 7) is 4.40. The predicted octanol–water partition coefficient (Wildman–Crippen LogP) is 2.95. The lowest BCUT2D eigenvalue weighted by Crippen LogP contribution is -2.54. The van der Waals surface area contributed by atoms with Gasteiger partial charge in [0.15, 0.2) is 0 Å². The van der Waals surface area contributed by atoms with Crippen molar-refractivity contribution in [2.75, 3.05) is 13.1 Å². The highest BCUT2D eigenvalue weighted by atomic mass is 19.1. The molecule has 0 spiro atoms. The molecule has 1 aliphatic rings. The summed E-state index contributed by atoms with van der Waals surface area (Å²) in [6.07, 6.45) is -0.416. The highest BCUT2D eigenvalue weighted by Crippen LogP contribution is 2.26. The molecule has 0 bridgehead atoms. The molecule has 1 fully saturated rings. The fourth-order valence-electron chi connectivity index (χ4n) is 3.66. The van der Waals surface area contributed by atoms with Gasteiger partial charge in [-0.2, -0.15) is 0 Å². The number of benzene rings is 2. The SMILES string of the molecule is Cc1cc(F)cc2c(=O)[nH]c(-c3ccc(C(C)C(=O)N4CC(O)C4)cc3)cc12. The van der Waals surface area contributed by atoms with Gasteiger partial charge in [0.1, 0.15) is 5.82 Å². The van der Waals surface area contributed by atoms with E-state index >= 15 is 0 Å². The zero-order chi connectivity index (χ0) is 20.0. The second-order valence-corrected chi connectivity index (χ2v) is 7.44. The molecule has 1 saturated heterocycles. The van der Waals surface area contributed by atoms with Crippen molar-refractivity contribution in [2.24, 2.45) is 0 Å². The van der Waals surface area contributed by atoms with E-state index in [0.29, 0.717) is 35.1 Å². The number of aromatic amines is 1. The molecule has 1 unspecified atom stereocenters. The number of β-amino-alcohol motifs (C(OH)–C–C–N with tert-alkyl or cyclic N) is 1. The van der Waals surface area contributed by atoms with E-state index in [9.17, 15) is 19.1 Å². The Morgan fingerprint density at radius 3 is 2.50 bits per heavy atom. The zero-order valence-corrected chi connectivity index (χ0v) is 15.7. The maximum Gasteiger partial charge on any atom is 0.256 e. The smallest absolute Gasteiger partial charge is 0.256 e. The Balaban J connectivity index is 1.64. The molecule has 4 rings (SSSR count). The Kier molecular flexibility index (Phi) is 4.51. The van der Waals surface area contributed by atoms with Gasteiger partial charge < -0.3 is 15.0 Å². The van der Waals surface area contributed by atoms with Crippen molar-refractivity contribution in [1.82, 2.24) is 9.88 Å². The number of nitrogens with zero attached hydrogens (tertiary/aromatic N) is 1. The number of aryl methyl sites for hydroxylation is 1. The normalized spacial score (nSPS) is 15.5. The number of likely N-dealkylation sites (tertiary alicyclic amines) is 1. The second-order valence-electron chi connectivity index (χ2n) is 7.44. The summed E-state index contributed by atoms with van der Waals surface area (Å²) in [5.74, 6) is -0.738. The number of carbonyl (C=O) groups excluding carboxylic acids is 1. The zero-order valence-electron chi connectivity index (χ0n) is 15.7. The highest BCUT2D eigenvalue weighted by molar-refractivity contribution is 5.88. The molecular weight excluding hydrogens is 359 g/mol. The number of nitrogens with one attached hydrogen (secondary N) is 1. The number of aliphatic hydroxyl groups excluding tert-OH is 1. The van der Waals surface area contributed by atoms with E-state index < -0.39 is 11.9 Å². The molecule has 6 heteroatoms. The third kappa shape index (κ3) is 3.20. The van der Waals surface area contributed by atoms with Crippen LogP contribution in [0.2, 0.25) is 0 Å². The van der Waals surface area contributed by atoms with Gasteiger partial charge in [-0.15, -0.1) is 0 Å². The van der Waals surface area contributed by atoms with Crippen LogP contribution in [0.3, 0.4) is 0 Å². The minimum Gasteiger partial charge on any atom is -0.389 e. The Morgan fingerprint density at radius 2 is 1.86 bits per heavy atom. The Bertz CT molecular complexity index is 1120. The molecule has 0 radical (unpaired) electrons. The molecule has 1 aromatic heterocycles. The first-order valence-corrected chi connectivity index (χ1v) is 9.24. The van der Waals surface area contributed by atoms with Gasteiger partial charge in [-0.1, -0.05) is 24.3 Å². The van der Waals surface area contributed by atoms with E-state index in [0.717, 1.165) is 11.1 Å². The number of amides is 1. The van der Waals surface area contributed by atoms with Crippen molar-refractivity contribution in [2.45, 2.75) is 25.9 Å². The maximum atomic E-state index is 13.6. The standard InChI is InChI=1S/C22H21FN2O3/c1-12-7-16(23)8-19-18(12)9-20(24-21(19)27)15-5-3-14(4-6-15)13(2)22(28)25-10-17(26)11-25/h3-9,13,17,26H,10-11H2,1-2H3,(H,24,27). The molecule has 3 aromatic rings. The molecule has 2 N–H and O–H groups in total. The molecule has 2 heterocycles. The first-order valence-electron chi connectivity index (χ1n) is 9.24. The summed E-state index contributed by atoms with van der Waals surface area (Å²) >= 11 is 0. The minimum absolute atomic E-state index is 0.00480. The van der Waals surface area contributed by atoms with Crippen LogP contribution in [0.4, 0.5) is 4.39 Å². The van der Waals surface area contributed by atoms with Crippen LogP contribution in [0.5, 0.6) is 0 Å². The summed E-state index contributed by atoms with van der Waals surface area (Å²) in [5.41, 5.74) is 2.69. The van der Waals surface area contributed by atoms with Gasteiger partial charge in [-0.3, -0.25) is 9.59 Å². The summed E-state index contributed by atoms with van der Waals surface area (Å²) < 4.78 is 13.6. The van der Waals surface area contributed by atoms with Crippen LogP contribution in [0.15, 0.2) is 47.3 Å². The van der Waals surface area contributed by atoms with E-state index in [4.69, 9.17) is 0 Å². The lowest BCUT2D eigenvalue weighted by molar-refractivity contribution is -0.142. The minimum atomic E-state index is -0.430. The van der Waals surface area contributed by atoms with Gasteiger partial charge >= 0.3 is 0 Å². The van der Waals surface area contributed by atoms with Crippen LogP contribution in [0.25, 0.3) is 22.0 Å². The average Bonchev–Trinajstić information content (AvgIpc) is 2.65. The summed E-state index contributed by atoms with van der Waals surface area (Å²) in [7, 11) is 0. The Labute approximate surface area is 161 Å². The van der Waals surface area contributed by atoms with Crippen molar-refractivity contribution in [3.05, 3.63) is 69.8 Å². The molecule has 2 aromatic carbocycles. The van der Waals surface area contributed by atoms with E-state index in [1.165, 1.54) is 12.1 Å². The average molecular weight is 380 g/mol. The number of hydrogen-bond acceptors (Lipinski definition) is 3. The van der Waals surface area contributed by atoms with Crippen LogP contribution >= 0.6 is 0 Å². The monoisotopic (exact) mass is 380 g/mol. The highest BCUT2D eigenvalue weighted by Gasteiger charge is 2.31. The second kappa shape index (κ2) is 6.87. The number of hydrogen-bond donors (Lipinski definition) is 2. The van der Waals surface area contributed by atoms with E-state index in [1.54, 1.807) is 11.8 Å². The first-order chi connectivity index (χ1) is 13.3. The molecule has 1 amide bonds. The fourth-order valence-corrected chi connectivity index (χ4v) is 3.66. The lowest BCUT2D eigenvalue weighted by atomic mass is 9.95. The number of halogens is 1. The topological polar surface area (TPSA) is 73.4 Å². The lowest BCUT2D eigenvalue weighted by Gasteiger charge is -2.37. The van der Waals surface area contributed by atoms with Gasteiger partial charge in [0, 0.05) is 18.8 Å². The van der Waals surface area contributed by atoms with Gasteiger partial charge in [0.2, 0.25) is 5.91 Å². The number of rotatable bonds is 3. The van der Waals surface area contributed by atoms with Crippen molar-refractivity contribution in [3.8, 4) is 11.3 Å². The van der Waals surface area contributed by atoms with E-state index in [2.05, 4.69) is 4.98 Å². The molecule has 0 aliphatic carbocycles. The first kappa shape index (κ1) is 18.4. The van der Waals surface area contributed by atoms with E-state index in [1.807, 2.05) is 37.3 Å². The van der Waals surface area contributed by atoms with Crippen LogP contribution in [0, 0.1) is 12.7 Å². The number of fused-ring (bicyclic) bond motifs is 1. The summed E-state index contributed by atoms with van der Waals surface area (Å²) in [6, 6.07) is 12.0. The van der Waals surface area contributed by atoms with Gasteiger partial charge in [-0.05, 0) is 54.1 Å². The van der Waals surface area contributed by atoms with Gasteiger partial charge in [0.25, 0.3) is 5.56 Å². The predicted molar refractivity (Wildman–Crippen MR) is 106 cm³/mol. The third-order valence-electron chi connectivity index (χ3n) is 5.40. The van der Waals surface area contributed by atoms with Crippen LogP contribution in [-0.2, 0) is 4.79 Å². The van der Waals surface area contributed by atoms with E-state index in [-0.39, 0.29) is 17.4 Å². The summed E-state index contributed by atoms with van der Waals surface area (Å²) in [5, 5.41) is 10.4. The van der Waals surface area contributed by atoms with Crippen LogP contribution < -0.4 is 5.56 Å². The Hall–Kier alpha value is -2.99. The van der Waals surface area contributed by atoms with Gasteiger partial charge in [0.05, 0.1) is 17.4 Å². The molecule has 144 valence electrons. The molecule has 1 aliphatic heterocycles. The number of aromatic nitrogens is 1. The maximum absolute atomic E-state index is 13.6. The van der Waals surface area contributed by atoms with Crippen molar-refractivity contribution < 1.29 is 14.3 Å². The van der Waals surface area contributed by atoms with Crippen molar-refractivity contribution >= 4 is 16.7 Å². The third-order valence-corrected chi connectivity index (χ3v) is 5.40. The number of carbonyl (C=O) groups is 1. The number of pyridine rings is 1. The Morgan fingerprint density at radius 1 is 1.18 bits per heavy atom. The largest absolute Gasteiger partial charge is 0.389 e. The summed E-state index contributed by atoms with van der Waals surface area (Å²) in [4.78, 5) is 29.3. The molecular formula is C22H21FN2O3. The molecule has 1 atom stereocenters. The van der Waals surface area contributed by atoms with Crippen molar-refractivity contribution in [3.63, 3.8) is 0 Å². The van der Waals surface area contributed by atoms with Crippen LogP contribution in [0.1, 0.15) is 24.0 Å². The van der Waals surface area contributed by atoms with Crippen LogP contribution in [-0.4, -0.2) is 40.1 Å². The number of aliphatic hydroxyl groups is 1. The quantitative estimate of drug-likeness (QED) is 0.734. The van der Waals surface area contributed by atoms with Gasteiger partial charge in [-0.25, -0.2) is 4.39 Å². The fraction of sp³-hybridized carbons (Fsp3) is 0.273.